The van der Waals surface area contributed by atoms with Gasteiger partial charge in [0, 0.05) is 16.8 Å². The van der Waals surface area contributed by atoms with Crippen molar-refractivity contribution in [3.05, 3.63) is 29.4 Å². The van der Waals surface area contributed by atoms with Crippen molar-refractivity contribution in [2.24, 2.45) is 0 Å². The lowest BCUT2D eigenvalue weighted by atomic mass is 10.3. The molecule has 0 aliphatic carbocycles. The van der Waals surface area contributed by atoms with E-state index in [1.807, 2.05) is 19.1 Å². The van der Waals surface area contributed by atoms with Crippen molar-refractivity contribution in [1.82, 2.24) is 4.98 Å². The standard InChI is InChI=1S/C9H11NO/c1-3-5-8-7(4-2)9(11)6-10-8/h3-6,10-11H,1H2,2H3/b7-4+,8-5+. The first-order valence-corrected chi connectivity index (χ1v) is 3.45. The van der Waals surface area contributed by atoms with Crippen molar-refractivity contribution in [3.63, 3.8) is 0 Å². The Morgan fingerprint density at radius 3 is 2.91 bits per heavy atom. The van der Waals surface area contributed by atoms with Gasteiger partial charge in [0.25, 0.3) is 0 Å². The number of aromatic nitrogens is 1. The predicted molar refractivity (Wildman–Crippen MR) is 46.5 cm³/mol. The highest BCUT2D eigenvalue weighted by Crippen LogP contribution is 1.90. The Kier molecular flexibility index (Phi) is 2.16. The van der Waals surface area contributed by atoms with Crippen LogP contribution in [0.15, 0.2) is 18.9 Å². The minimum Gasteiger partial charge on any atom is -0.506 e. The van der Waals surface area contributed by atoms with E-state index in [0.717, 1.165) is 10.6 Å². The first-order chi connectivity index (χ1) is 5.29. The van der Waals surface area contributed by atoms with E-state index in [2.05, 4.69) is 11.6 Å². The molecule has 1 aromatic rings. The first-order valence-electron chi connectivity index (χ1n) is 3.45. The van der Waals surface area contributed by atoms with E-state index in [1.54, 1.807) is 12.3 Å². The molecule has 1 rings (SSSR count). The number of rotatable bonds is 1. The number of aromatic hydroxyl groups is 1. The van der Waals surface area contributed by atoms with E-state index >= 15 is 0 Å². The molecular weight excluding hydrogens is 138 g/mol. The number of nitrogens with one attached hydrogen (secondary N) is 1. The van der Waals surface area contributed by atoms with Gasteiger partial charge in [-0.1, -0.05) is 18.7 Å². The Balaban J connectivity index is 3.52. The van der Waals surface area contributed by atoms with Crippen molar-refractivity contribution < 1.29 is 5.11 Å². The van der Waals surface area contributed by atoms with E-state index in [4.69, 9.17) is 0 Å². The van der Waals surface area contributed by atoms with Crippen molar-refractivity contribution in [1.29, 1.82) is 0 Å². The van der Waals surface area contributed by atoms with Gasteiger partial charge in [0.05, 0.1) is 0 Å². The highest BCUT2D eigenvalue weighted by atomic mass is 16.3. The van der Waals surface area contributed by atoms with Crippen LogP contribution in [0.3, 0.4) is 0 Å². The molecule has 0 fully saturated rings. The lowest BCUT2D eigenvalue weighted by Crippen LogP contribution is -2.21. The summed E-state index contributed by atoms with van der Waals surface area (Å²) in [6.07, 6.45) is 6.90. The zero-order valence-electron chi connectivity index (χ0n) is 6.46. The summed E-state index contributed by atoms with van der Waals surface area (Å²) in [6.45, 7) is 5.45. The second-order valence-corrected chi connectivity index (χ2v) is 2.19. The summed E-state index contributed by atoms with van der Waals surface area (Å²) in [4.78, 5) is 2.92. The maximum absolute atomic E-state index is 9.24. The molecule has 2 N–H and O–H groups in total. The van der Waals surface area contributed by atoms with Gasteiger partial charge in [-0.2, -0.15) is 0 Å². The minimum atomic E-state index is 0.278. The summed E-state index contributed by atoms with van der Waals surface area (Å²) in [5.41, 5.74) is 0. The third-order valence-electron chi connectivity index (χ3n) is 1.50. The van der Waals surface area contributed by atoms with Gasteiger partial charge < -0.3 is 10.1 Å². The Hall–Kier alpha value is -1.44. The molecule has 0 atom stereocenters. The van der Waals surface area contributed by atoms with Crippen molar-refractivity contribution >= 4 is 12.2 Å². The van der Waals surface area contributed by atoms with Gasteiger partial charge in [0.1, 0.15) is 5.75 Å². The van der Waals surface area contributed by atoms with Gasteiger partial charge in [-0.05, 0) is 13.0 Å². The molecule has 0 aromatic carbocycles. The van der Waals surface area contributed by atoms with Gasteiger partial charge in [-0.15, -0.1) is 0 Å². The van der Waals surface area contributed by atoms with Gasteiger partial charge in [0.15, 0.2) is 0 Å². The fourth-order valence-electron chi connectivity index (χ4n) is 0.999. The fourth-order valence-corrected chi connectivity index (χ4v) is 0.999. The maximum atomic E-state index is 9.24. The Morgan fingerprint density at radius 2 is 2.36 bits per heavy atom. The maximum Gasteiger partial charge on any atom is 0.140 e. The average Bonchev–Trinajstić information content (AvgIpc) is 2.33. The molecule has 1 heterocycles. The molecule has 2 nitrogen and oxygen atoms in total. The van der Waals surface area contributed by atoms with E-state index in [-0.39, 0.29) is 5.75 Å². The monoisotopic (exact) mass is 149 g/mol. The van der Waals surface area contributed by atoms with Crippen LogP contribution in [0.2, 0.25) is 0 Å². The summed E-state index contributed by atoms with van der Waals surface area (Å²) in [7, 11) is 0. The molecule has 0 unspecified atom stereocenters. The summed E-state index contributed by atoms with van der Waals surface area (Å²) < 4.78 is 0. The molecule has 2 heteroatoms. The predicted octanol–water partition coefficient (Wildman–Crippen LogP) is 0.487. The average molecular weight is 149 g/mol. The number of allylic oxidation sites excluding steroid dienone is 1. The van der Waals surface area contributed by atoms with Crippen molar-refractivity contribution in [2.45, 2.75) is 6.92 Å². The Bertz CT molecular complexity index is 359. The first kappa shape index (κ1) is 7.66. The number of aromatic amines is 1. The van der Waals surface area contributed by atoms with Crippen LogP contribution in [0.5, 0.6) is 5.75 Å². The zero-order valence-corrected chi connectivity index (χ0v) is 6.46. The highest BCUT2D eigenvalue weighted by molar-refractivity contribution is 5.39. The number of hydrogen-bond donors (Lipinski definition) is 2. The van der Waals surface area contributed by atoms with Crippen LogP contribution in [-0.4, -0.2) is 10.1 Å². The largest absolute Gasteiger partial charge is 0.506 e. The second-order valence-electron chi connectivity index (χ2n) is 2.19. The topological polar surface area (TPSA) is 36.0 Å². The Labute approximate surface area is 65.2 Å². The SMILES string of the molecule is C=C/C=c1/[nH]cc(O)/c1=C/C. The van der Waals surface area contributed by atoms with E-state index < -0.39 is 0 Å². The van der Waals surface area contributed by atoms with Crippen LogP contribution in [0.25, 0.3) is 12.2 Å². The Morgan fingerprint density at radius 1 is 1.64 bits per heavy atom. The van der Waals surface area contributed by atoms with E-state index in [1.165, 1.54) is 0 Å². The molecule has 11 heavy (non-hydrogen) atoms. The molecule has 0 amide bonds. The van der Waals surface area contributed by atoms with Gasteiger partial charge in [-0.25, -0.2) is 0 Å². The molecule has 58 valence electrons. The third kappa shape index (κ3) is 1.34. The molecule has 0 aliphatic rings. The molecule has 0 aliphatic heterocycles. The quantitative estimate of drug-likeness (QED) is 0.599. The van der Waals surface area contributed by atoms with Crippen LogP contribution in [0.1, 0.15) is 6.92 Å². The highest BCUT2D eigenvalue weighted by Gasteiger charge is 1.91. The molecule has 0 saturated carbocycles. The van der Waals surface area contributed by atoms with Crippen LogP contribution in [-0.2, 0) is 0 Å². The number of H-pyrrole nitrogens is 1. The van der Waals surface area contributed by atoms with Gasteiger partial charge in [-0.3, -0.25) is 0 Å². The summed E-state index contributed by atoms with van der Waals surface area (Å²) >= 11 is 0. The minimum absolute atomic E-state index is 0.278. The third-order valence-corrected chi connectivity index (χ3v) is 1.50. The smallest absolute Gasteiger partial charge is 0.140 e. The molecule has 0 saturated heterocycles. The van der Waals surface area contributed by atoms with Crippen molar-refractivity contribution in [2.75, 3.05) is 0 Å². The number of hydrogen-bond acceptors (Lipinski definition) is 1. The van der Waals surface area contributed by atoms with E-state index in [9.17, 15) is 5.11 Å². The lowest BCUT2D eigenvalue weighted by Gasteiger charge is -1.78. The summed E-state index contributed by atoms with van der Waals surface area (Å²) in [5, 5.41) is 11.0. The normalized spacial score (nSPS) is 13.9. The second kappa shape index (κ2) is 3.10. The van der Waals surface area contributed by atoms with E-state index in [0.29, 0.717) is 0 Å². The zero-order chi connectivity index (χ0) is 8.27. The fraction of sp³-hybridized carbons (Fsp3) is 0.111. The lowest BCUT2D eigenvalue weighted by molar-refractivity contribution is 0.472. The van der Waals surface area contributed by atoms with Gasteiger partial charge >= 0.3 is 0 Å². The van der Waals surface area contributed by atoms with Crippen LogP contribution < -0.4 is 10.6 Å². The molecule has 1 aromatic heterocycles. The van der Waals surface area contributed by atoms with Gasteiger partial charge in [0.2, 0.25) is 0 Å². The summed E-state index contributed by atoms with van der Waals surface area (Å²) in [5.74, 6) is 0.278. The summed E-state index contributed by atoms with van der Waals surface area (Å²) in [6, 6.07) is 0. The van der Waals surface area contributed by atoms with Crippen LogP contribution in [0.4, 0.5) is 0 Å². The van der Waals surface area contributed by atoms with Crippen LogP contribution in [0, 0.1) is 0 Å². The molecule has 0 radical (unpaired) electrons. The van der Waals surface area contributed by atoms with Crippen LogP contribution >= 0.6 is 0 Å². The molecular formula is C9H11NO. The molecule has 0 bridgehead atoms. The molecule has 0 spiro atoms. The van der Waals surface area contributed by atoms with Crippen molar-refractivity contribution in [3.8, 4) is 5.75 Å².